The van der Waals surface area contributed by atoms with Gasteiger partial charge in [0.15, 0.2) is 5.69 Å². The number of carbonyl (C=O) groups excluding carboxylic acids is 1. The zero-order valence-corrected chi connectivity index (χ0v) is 17.1. The normalized spacial score (nSPS) is 16.8. The van der Waals surface area contributed by atoms with Gasteiger partial charge in [-0.15, -0.1) is 0 Å². The number of benzene rings is 1. The van der Waals surface area contributed by atoms with E-state index in [9.17, 15) is 26.4 Å². The summed E-state index contributed by atoms with van der Waals surface area (Å²) >= 11 is 5.85. The molecular weight excluding hydrogens is 445 g/mol. The third-order valence-corrected chi connectivity index (χ3v) is 6.56. The molecule has 0 saturated carbocycles. The summed E-state index contributed by atoms with van der Waals surface area (Å²) < 4.78 is 63.4. The Morgan fingerprint density at radius 1 is 1.23 bits per heavy atom. The van der Waals surface area contributed by atoms with Gasteiger partial charge in [0.25, 0.3) is 5.91 Å². The second-order valence-electron chi connectivity index (χ2n) is 6.89. The first-order valence-electron chi connectivity index (χ1n) is 8.99. The van der Waals surface area contributed by atoms with E-state index in [-0.39, 0.29) is 29.9 Å². The van der Waals surface area contributed by atoms with E-state index >= 15 is 0 Å². The van der Waals surface area contributed by atoms with Gasteiger partial charge in [0.05, 0.1) is 17.1 Å². The SMILES string of the molecule is O=C(NCC1CCS(=O)(=O)CC1)c1cnc(Nc2cccc(Cl)c2)nc1C(F)(F)F. The van der Waals surface area contributed by atoms with Gasteiger partial charge in [-0.25, -0.2) is 18.4 Å². The minimum Gasteiger partial charge on any atom is -0.352 e. The molecule has 1 saturated heterocycles. The van der Waals surface area contributed by atoms with E-state index in [2.05, 4.69) is 20.6 Å². The third kappa shape index (κ3) is 5.82. The molecule has 30 heavy (non-hydrogen) atoms. The number of anilines is 2. The molecule has 1 aliphatic rings. The Labute approximate surface area is 176 Å². The Morgan fingerprint density at radius 2 is 1.93 bits per heavy atom. The zero-order valence-electron chi connectivity index (χ0n) is 15.5. The Morgan fingerprint density at radius 3 is 2.57 bits per heavy atom. The number of nitrogens with one attached hydrogen (secondary N) is 2. The van der Waals surface area contributed by atoms with E-state index in [4.69, 9.17) is 11.6 Å². The van der Waals surface area contributed by atoms with E-state index in [0.717, 1.165) is 6.20 Å². The molecule has 0 bridgehead atoms. The monoisotopic (exact) mass is 462 g/mol. The third-order valence-electron chi connectivity index (χ3n) is 4.61. The van der Waals surface area contributed by atoms with Gasteiger partial charge in [0.2, 0.25) is 5.95 Å². The van der Waals surface area contributed by atoms with Crippen molar-refractivity contribution in [3.05, 3.63) is 46.7 Å². The Hall–Kier alpha value is -2.40. The number of alkyl halides is 3. The lowest BCUT2D eigenvalue weighted by Gasteiger charge is -2.22. The van der Waals surface area contributed by atoms with Crippen LogP contribution in [0, 0.1) is 5.92 Å². The first-order valence-corrected chi connectivity index (χ1v) is 11.2. The van der Waals surface area contributed by atoms with Gasteiger partial charge in [-0.05, 0) is 37.0 Å². The van der Waals surface area contributed by atoms with Crippen LogP contribution in [0.1, 0.15) is 28.9 Å². The molecule has 12 heteroatoms. The maximum Gasteiger partial charge on any atom is 0.434 e. The molecule has 0 spiro atoms. The van der Waals surface area contributed by atoms with Gasteiger partial charge < -0.3 is 10.6 Å². The van der Waals surface area contributed by atoms with Gasteiger partial charge in [-0.2, -0.15) is 13.2 Å². The van der Waals surface area contributed by atoms with Crippen molar-refractivity contribution in [2.24, 2.45) is 5.92 Å². The van der Waals surface area contributed by atoms with Crippen LogP contribution in [0.4, 0.5) is 24.8 Å². The van der Waals surface area contributed by atoms with Crippen molar-refractivity contribution in [2.75, 3.05) is 23.4 Å². The largest absolute Gasteiger partial charge is 0.434 e. The van der Waals surface area contributed by atoms with Crippen LogP contribution in [0.25, 0.3) is 0 Å². The summed E-state index contributed by atoms with van der Waals surface area (Å²) in [7, 11) is -3.06. The van der Waals surface area contributed by atoms with Crippen molar-refractivity contribution in [1.29, 1.82) is 0 Å². The number of rotatable bonds is 5. The van der Waals surface area contributed by atoms with E-state index in [0.29, 0.717) is 23.6 Å². The van der Waals surface area contributed by atoms with Crippen molar-refractivity contribution >= 4 is 39.0 Å². The summed E-state index contributed by atoms with van der Waals surface area (Å²) in [6, 6.07) is 6.27. The molecule has 0 atom stereocenters. The van der Waals surface area contributed by atoms with E-state index < -0.39 is 33.2 Å². The minimum absolute atomic E-state index is 0.00825. The predicted molar refractivity (Wildman–Crippen MR) is 105 cm³/mol. The molecule has 162 valence electrons. The number of hydrogen-bond acceptors (Lipinski definition) is 6. The van der Waals surface area contributed by atoms with Crippen molar-refractivity contribution in [2.45, 2.75) is 19.0 Å². The fourth-order valence-corrected chi connectivity index (χ4v) is 4.77. The number of hydrogen-bond donors (Lipinski definition) is 2. The molecule has 1 aromatic heterocycles. The molecule has 1 fully saturated rings. The maximum absolute atomic E-state index is 13.5. The number of sulfone groups is 1. The lowest BCUT2D eigenvalue weighted by Crippen LogP contribution is -2.35. The topological polar surface area (TPSA) is 101 Å². The van der Waals surface area contributed by atoms with Crippen molar-refractivity contribution in [3.8, 4) is 0 Å². The standard InChI is InChI=1S/C18H18ClF3N4O3S/c19-12-2-1-3-13(8-12)25-17-24-10-14(15(26-17)18(20,21)22)16(27)23-9-11-4-6-30(28,29)7-5-11/h1-3,8,10-11H,4-7,9H2,(H,23,27)(H,24,25,26). The lowest BCUT2D eigenvalue weighted by molar-refractivity contribution is -0.141. The highest BCUT2D eigenvalue weighted by Crippen LogP contribution is 2.31. The van der Waals surface area contributed by atoms with Gasteiger partial charge in [0.1, 0.15) is 9.84 Å². The molecule has 0 unspecified atom stereocenters. The summed E-state index contributed by atoms with van der Waals surface area (Å²) in [5, 5.41) is 5.43. The van der Waals surface area contributed by atoms with Gasteiger partial charge in [-0.3, -0.25) is 4.79 Å². The predicted octanol–water partition coefficient (Wildman–Crippen LogP) is 3.45. The molecule has 2 N–H and O–H groups in total. The maximum atomic E-state index is 13.5. The fraction of sp³-hybridized carbons (Fsp3) is 0.389. The van der Waals surface area contributed by atoms with Crippen LogP contribution in [-0.4, -0.2) is 42.3 Å². The van der Waals surface area contributed by atoms with Crippen LogP contribution in [-0.2, 0) is 16.0 Å². The number of aromatic nitrogens is 2. The van der Waals surface area contributed by atoms with Gasteiger partial charge in [-0.1, -0.05) is 17.7 Å². The van der Waals surface area contributed by atoms with E-state index in [1.807, 2.05) is 0 Å². The van der Waals surface area contributed by atoms with Crippen LogP contribution < -0.4 is 10.6 Å². The second-order valence-corrected chi connectivity index (χ2v) is 9.63. The number of carbonyl (C=O) groups is 1. The molecule has 7 nitrogen and oxygen atoms in total. The molecular formula is C18H18ClF3N4O3S. The van der Waals surface area contributed by atoms with Crippen LogP contribution in [0.5, 0.6) is 0 Å². The molecule has 1 aromatic carbocycles. The number of amides is 1. The molecule has 1 aliphatic heterocycles. The van der Waals surface area contributed by atoms with Crippen LogP contribution >= 0.6 is 11.6 Å². The fourth-order valence-electron chi connectivity index (χ4n) is 2.99. The van der Waals surface area contributed by atoms with Crippen molar-refractivity contribution in [1.82, 2.24) is 15.3 Å². The van der Waals surface area contributed by atoms with Crippen LogP contribution in [0.15, 0.2) is 30.5 Å². The molecule has 1 amide bonds. The van der Waals surface area contributed by atoms with Crippen LogP contribution in [0.2, 0.25) is 5.02 Å². The summed E-state index contributed by atoms with van der Waals surface area (Å²) in [4.78, 5) is 19.6. The Kier molecular flexibility index (Phi) is 6.51. The molecule has 2 heterocycles. The Balaban J connectivity index is 1.74. The zero-order chi connectivity index (χ0) is 21.9. The average Bonchev–Trinajstić information content (AvgIpc) is 2.66. The van der Waals surface area contributed by atoms with Gasteiger partial charge in [0, 0.05) is 23.5 Å². The second kappa shape index (κ2) is 8.76. The molecule has 0 radical (unpaired) electrons. The highest BCUT2D eigenvalue weighted by Gasteiger charge is 2.38. The molecule has 2 aromatic rings. The van der Waals surface area contributed by atoms with Crippen molar-refractivity contribution < 1.29 is 26.4 Å². The lowest BCUT2D eigenvalue weighted by atomic mass is 10.0. The summed E-state index contributed by atoms with van der Waals surface area (Å²) in [5.74, 6) is -1.40. The van der Waals surface area contributed by atoms with Gasteiger partial charge >= 0.3 is 6.18 Å². The summed E-state index contributed by atoms with van der Waals surface area (Å²) in [6.45, 7) is 0.0775. The number of nitrogens with zero attached hydrogens (tertiary/aromatic N) is 2. The molecule has 0 aliphatic carbocycles. The van der Waals surface area contributed by atoms with E-state index in [1.54, 1.807) is 18.2 Å². The van der Waals surface area contributed by atoms with E-state index in [1.165, 1.54) is 6.07 Å². The van der Waals surface area contributed by atoms with Crippen LogP contribution in [0.3, 0.4) is 0 Å². The number of halogens is 4. The van der Waals surface area contributed by atoms with Crippen molar-refractivity contribution in [3.63, 3.8) is 0 Å². The minimum atomic E-state index is -4.88. The summed E-state index contributed by atoms with van der Waals surface area (Å²) in [5.41, 5.74) is -1.69. The highest BCUT2D eigenvalue weighted by molar-refractivity contribution is 7.91. The highest BCUT2D eigenvalue weighted by atomic mass is 35.5. The first kappa shape index (κ1) is 22.3. The average molecular weight is 463 g/mol. The molecule has 3 rings (SSSR count). The smallest absolute Gasteiger partial charge is 0.352 e. The first-order chi connectivity index (χ1) is 14.0. The quantitative estimate of drug-likeness (QED) is 0.705. The summed E-state index contributed by atoms with van der Waals surface area (Å²) in [6.07, 6.45) is -3.36. The Bertz CT molecular complexity index is 1030.